The number of carbonyl (C=O) groups excluding carboxylic acids is 1. The van der Waals surface area contributed by atoms with Gasteiger partial charge in [-0.05, 0) is 37.0 Å². The molecule has 114 valence electrons. The van der Waals surface area contributed by atoms with Crippen LogP contribution in [0.4, 0.5) is 5.69 Å². The second-order valence-corrected chi connectivity index (χ2v) is 5.62. The average Bonchev–Trinajstić information content (AvgIpc) is 2.61. The van der Waals surface area contributed by atoms with E-state index in [0.29, 0.717) is 5.69 Å². The highest BCUT2D eigenvalue weighted by Gasteiger charge is 2.18. The van der Waals surface area contributed by atoms with Gasteiger partial charge in [-0.25, -0.2) is 4.98 Å². The topological polar surface area (TPSA) is 45.2 Å². The number of aromatic nitrogens is 1. The second kappa shape index (κ2) is 7.07. The van der Waals surface area contributed by atoms with E-state index < -0.39 is 0 Å². The van der Waals surface area contributed by atoms with E-state index in [0.717, 1.165) is 38.2 Å². The number of pyridine rings is 1. The van der Waals surface area contributed by atoms with E-state index in [1.807, 2.05) is 35.2 Å². The summed E-state index contributed by atoms with van der Waals surface area (Å²) < 4.78 is 0. The molecule has 0 radical (unpaired) electrons. The predicted octanol–water partition coefficient (Wildman–Crippen LogP) is 3.32. The lowest BCUT2D eigenvalue weighted by Crippen LogP contribution is -2.36. The first kappa shape index (κ1) is 14.6. The second-order valence-electron chi connectivity index (χ2n) is 5.62. The molecule has 0 aliphatic carbocycles. The van der Waals surface area contributed by atoms with Crippen LogP contribution in [0.5, 0.6) is 0 Å². The minimum absolute atomic E-state index is 0.0503. The Kier molecular flexibility index (Phi) is 4.68. The summed E-state index contributed by atoms with van der Waals surface area (Å²) in [6.07, 6.45) is 5.16. The van der Waals surface area contributed by atoms with Crippen molar-refractivity contribution in [2.45, 2.75) is 25.8 Å². The van der Waals surface area contributed by atoms with Crippen LogP contribution in [0.1, 0.15) is 35.3 Å². The van der Waals surface area contributed by atoms with Crippen LogP contribution in [0, 0.1) is 0 Å². The highest BCUT2D eigenvalue weighted by atomic mass is 16.2. The van der Waals surface area contributed by atoms with Gasteiger partial charge in [0, 0.05) is 19.6 Å². The summed E-state index contributed by atoms with van der Waals surface area (Å²) in [7, 11) is 0. The Balaban J connectivity index is 1.59. The van der Waals surface area contributed by atoms with Crippen molar-refractivity contribution in [2.24, 2.45) is 0 Å². The lowest BCUT2D eigenvalue weighted by Gasteiger charge is -2.26. The lowest BCUT2D eigenvalue weighted by molar-refractivity contribution is 0.0718. The normalized spacial score (nSPS) is 14.6. The molecule has 2 aromatic rings. The zero-order valence-corrected chi connectivity index (χ0v) is 12.7. The van der Waals surface area contributed by atoms with Crippen LogP contribution in [0.15, 0.2) is 48.7 Å². The van der Waals surface area contributed by atoms with Crippen molar-refractivity contribution >= 4 is 11.6 Å². The molecule has 1 N–H and O–H groups in total. The quantitative estimate of drug-likeness (QED) is 0.941. The van der Waals surface area contributed by atoms with Gasteiger partial charge >= 0.3 is 0 Å². The van der Waals surface area contributed by atoms with Crippen molar-refractivity contribution in [2.75, 3.05) is 18.4 Å². The molecule has 22 heavy (non-hydrogen) atoms. The summed E-state index contributed by atoms with van der Waals surface area (Å²) in [5, 5.41) is 3.32. The molecule has 1 aromatic heterocycles. The van der Waals surface area contributed by atoms with E-state index in [9.17, 15) is 4.79 Å². The Morgan fingerprint density at radius 1 is 1.05 bits per heavy atom. The SMILES string of the molecule is O=C(c1ccc(NCc2ccccc2)cn1)N1CCCCC1. The molecule has 3 rings (SSSR count). The number of rotatable bonds is 4. The smallest absolute Gasteiger partial charge is 0.272 e. The number of nitrogens with one attached hydrogen (secondary N) is 1. The Hall–Kier alpha value is -2.36. The van der Waals surface area contributed by atoms with Crippen molar-refractivity contribution in [1.29, 1.82) is 0 Å². The van der Waals surface area contributed by atoms with Crippen LogP contribution < -0.4 is 5.32 Å². The van der Waals surface area contributed by atoms with Gasteiger partial charge in [0.2, 0.25) is 0 Å². The van der Waals surface area contributed by atoms with Crippen molar-refractivity contribution < 1.29 is 4.79 Å². The minimum Gasteiger partial charge on any atom is -0.380 e. The number of anilines is 1. The number of nitrogens with zero attached hydrogens (tertiary/aromatic N) is 2. The zero-order chi connectivity index (χ0) is 15.2. The molecule has 0 unspecified atom stereocenters. The molecule has 4 nitrogen and oxygen atoms in total. The van der Waals surface area contributed by atoms with Gasteiger partial charge in [-0.2, -0.15) is 0 Å². The van der Waals surface area contributed by atoms with E-state index in [4.69, 9.17) is 0 Å². The van der Waals surface area contributed by atoms with E-state index in [-0.39, 0.29) is 5.91 Å². The number of carbonyl (C=O) groups is 1. The molecule has 0 atom stereocenters. The monoisotopic (exact) mass is 295 g/mol. The van der Waals surface area contributed by atoms with Gasteiger partial charge in [-0.3, -0.25) is 4.79 Å². The molecule has 1 amide bonds. The van der Waals surface area contributed by atoms with E-state index in [1.165, 1.54) is 12.0 Å². The molecule has 1 fully saturated rings. The maximum atomic E-state index is 12.3. The summed E-state index contributed by atoms with van der Waals surface area (Å²) in [6, 6.07) is 13.9. The first-order chi connectivity index (χ1) is 10.8. The summed E-state index contributed by atoms with van der Waals surface area (Å²) in [4.78, 5) is 18.6. The molecular weight excluding hydrogens is 274 g/mol. The molecule has 4 heteroatoms. The fourth-order valence-electron chi connectivity index (χ4n) is 2.68. The third-order valence-electron chi connectivity index (χ3n) is 3.97. The highest BCUT2D eigenvalue weighted by molar-refractivity contribution is 5.92. The van der Waals surface area contributed by atoms with Gasteiger partial charge in [-0.1, -0.05) is 30.3 Å². The molecule has 1 aliphatic heterocycles. The van der Waals surface area contributed by atoms with Crippen LogP contribution >= 0.6 is 0 Å². The summed E-state index contributed by atoms with van der Waals surface area (Å²) in [6.45, 7) is 2.46. The molecule has 1 saturated heterocycles. The van der Waals surface area contributed by atoms with Gasteiger partial charge in [0.25, 0.3) is 5.91 Å². The van der Waals surface area contributed by atoms with Gasteiger partial charge in [-0.15, -0.1) is 0 Å². The van der Waals surface area contributed by atoms with Crippen LogP contribution in [0.3, 0.4) is 0 Å². The number of benzene rings is 1. The molecule has 2 heterocycles. The summed E-state index contributed by atoms with van der Waals surface area (Å²) >= 11 is 0. The van der Waals surface area contributed by atoms with Crippen molar-refractivity contribution in [3.63, 3.8) is 0 Å². The van der Waals surface area contributed by atoms with Crippen LogP contribution in [-0.4, -0.2) is 28.9 Å². The summed E-state index contributed by atoms with van der Waals surface area (Å²) in [5.41, 5.74) is 2.68. The van der Waals surface area contributed by atoms with Crippen LogP contribution in [0.2, 0.25) is 0 Å². The molecule has 0 spiro atoms. The van der Waals surface area contributed by atoms with Crippen LogP contribution in [-0.2, 0) is 6.54 Å². The molecule has 0 bridgehead atoms. The maximum Gasteiger partial charge on any atom is 0.272 e. The highest BCUT2D eigenvalue weighted by Crippen LogP contribution is 2.14. The van der Waals surface area contributed by atoms with Crippen molar-refractivity contribution in [3.05, 3.63) is 59.9 Å². The third-order valence-corrected chi connectivity index (χ3v) is 3.97. The largest absolute Gasteiger partial charge is 0.380 e. The first-order valence-electron chi connectivity index (χ1n) is 7.86. The minimum atomic E-state index is 0.0503. The number of amides is 1. The third kappa shape index (κ3) is 3.64. The number of likely N-dealkylation sites (tertiary alicyclic amines) is 1. The first-order valence-corrected chi connectivity index (χ1v) is 7.86. The van der Waals surface area contributed by atoms with E-state index in [1.54, 1.807) is 6.20 Å². The molecule has 0 saturated carbocycles. The fourth-order valence-corrected chi connectivity index (χ4v) is 2.68. The van der Waals surface area contributed by atoms with Gasteiger partial charge in [0.1, 0.15) is 5.69 Å². The van der Waals surface area contributed by atoms with Crippen LogP contribution in [0.25, 0.3) is 0 Å². The standard InChI is InChI=1S/C18H21N3O/c22-18(21-11-5-2-6-12-21)17-10-9-16(14-20-17)19-13-15-7-3-1-4-8-15/h1,3-4,7-10,14,19H,2,5-6,11-13H2. The average molecular weight is 295 g/mol. The Morgan fingerprint density at radius 2 is 1.82 bits per heavy atom. The Morgan fingerprint density at radius 3 is 2.50 bits per heavy atom. The molecule has 1 aliphatic rings. The van der Waals surface area contributed by atoms with Gasteiger partial charge in [0.15, 0.2) is 0 Å². The Labute approximate surface area is 131 Å². The predicted molar refractivity (Wildman–Crippen MR) is 87.8 cm³/mol. The van der Waals surface area contributed by atoms with Gasteiger partial charge in [0.05, 0.1) is 11.9 Å². The zero-order valence-electron chi connectivity index (χ0n) is 12.7. The van der Waals surface area contributed by atoms with Crippen molar-refractivity contribution in [1.82, 2.24) is 9.88 Å². The molecular formula is C18H21N3O. The van der Waals surface area contributed by atoms with Gasteiger partial charge < -0.3 is 10.2 Å². The van der Waals surface area contributed by atoms with E-state index >= 15 is 0 Å². The fraction of sp³-hybridized carbons (Fsp3) is 0.333. The number of hydrogen-bond acceptors (Lipinski definition) is 3. The maximum absolute atomic E-state index is 12.3. The van der Waals surface area contributed by atoms with E-state index in [2.05, 4.69) is 22.4 Å². The number of hydrogen-bond donors (Lipinski definition) is 1. The summed E-state index contributed by atoms with van der Waals surface area (Å²) in [5.74, 6) is 0.0503. The van der Waals surface area contributed by atoms with Crippen molar-refractivity contribution in [3.8, 4) is 0 Å². The Bertz CT molecular complexity index is 604. The molecule has 1 aromatic carbocycles. The lowest BCUT2D eigenvalue weighted by atomic mass is 10.1. The number of piperidine rings is 1.